The standard InChI is InChI=1S/C18H20FN3O3S/c19-14-1-3-15(4-2-14)26(25)16-7-10-22(12-16)18(24)13-6-9-21(11-13)17(23)5-8-20/h1-4,13,16H,5-7,9-12H2. The molecular formula is C18H20FN3O3S. The van der Waals surface area contributed by atoms with Gasteiger partial charge in [0.25, 0.3) is 0 Å². The lowest BCUT2D eigenvalue weighted by Gasteiger charge is -2.21. The van der Waals surface area contributed by atoms with Crippen LogP contribution in [-0.4, -0.2) is 57.6 Å². The van der Waals surface area contributed by atoms with Crippen molar-refractivity contribution in [2.45, 2.75) is 29.4 Å². The number of likely N-dealkylation sites (tertiary alicyclic amines) is 2. The van der Waals surface area contributed by atoms with E-state index in [4.69, 9.17) is 5.26 Å². The molecule has 8 heteroatoms. The minimum atomic E-state index is -1.28. The van der Waals surface area contributed by atoms with E-state index in [-0.39, 0.29) is 35.2 Å². The van der Waals surface area contributed by atoms with E-state index in [0.717, 1.165) is 0 Å². The zero-order valence-corrected chi connectivity index (χ0v) is 15.1. The van der Waals surface area contributed by atoms with Crippen LogP contribution in [0.4, 0.5) is 4.39 Å². The van der Waals surface area contributed by atoms with Crippen LogP contribution in [0, 0.1) is 23.1 Å². The number of nitrogens with zero attached hydrogens (tertiary/aromatic N) is 3. The van der Waals surface area contributed by atoms with Gasteiger partial charge in [-0.15, -0.1) is 0 Å². The van der Waals surface area contributed by atoms with E-state index in [1.54, 1.807) is 9.80 Å². The van der Waals surface area contributed by atoms with E-state index >= 15 is 0 Å². The van der Waals surface area contributed by atoms with Crippen LogP contribution in [0.1, 0.15) is 19.3 Å². The molecule has 2 heterocycles. The van der Waals surface area contributed by atoms with Gasteiger partial charge >= 0.3 is 0 Å². The summed E-state index contributed by atoms with van der Waals surface area (Å²) in [5.41, 5.74) is 0. The van der Waals surface area contributed by atoms with Crippen LogP contribution in [-0.2, 0) is 20.8 Å². The second-order valence-corrected chi connectivity index (χ2v) is 8.34. The molecule has 2 amide bonds. The van der Waals surface area contributed by atoms with E-state index < -0.39 is 11.2 Å². The summed E-state index contributed by atoms with van der Waals surface area (Å²) in [4.78, 5) is 28.3. The average Bonchev–Trinajstić information content (AvgIpc) is 3.31. The van der Waals surface area contributed by atoms with Crippen molar-refractivity contribution in [3.8, 4) is 6.07 Å². The Hall–Kier alpha value is -2.11. The summed E-state index contributed by atoms with van der Waals surface area (Å²) in [5.74, 6) is -0.878. The zero-order chi connectivity index (χ0) is 18.7. The fourth-order valence-corrected chi connectivity index (χ4v) is 4.91. The van der Waals surface area contributed by atoms with Crippen molar-refractivity contribution >= 4 is 23.0 Å². The van der Waals surface area contributed by atoms with Gasteiger partial charge in [0, 0.05) is 26.1 Å². The summed E-state index contributed by atoms with van der Waals surface area (Å²) >= 11 is -1.28. The Labute approximate surface area is 154 Å². The summed E-state index contributed by atoms with van der Waals surface area (Å²) in [6, 6.07) is 7.45. The Morgan fingerprint density at radius 2 is 1.88 bits per heavy atom. The molecule has 2 fully saturated rings. The maximum atomic E-state index is 13.0. The molecule has 3 rings (SSSR count). The molecule has 3 atom stereocenters. The fourth-order valence-electron chi connectivity index (χ4n) is 3.49. The maximum absolute atomic E-state index is 13.0. The van der Waals surface area contributed by atoms with Crippen molar-refractivity contribution in [3.05, 3.63) is 30.1 Å². The highest BCUT2D eigenvalue weighted by Crippen LogP contribution is 2.27. The Morgan fingerprint density at radius 3 is 2.58 bits per heavy atom. The van der Waals surface area contributed by atoms with E-state index in [9.17, 15) is 18.5 Å². The molecule has 0 radical (unpaired) electrons. The Morgan fingerprint density at radius 1 is 1.19 bits per heavy atom. The molecular weight excluding hydrogens is 357 g/mol. The van der Waals surface area contributed by atoms with Crippen LogP contribution in [0.3, 0.4) is 0 Å². The van der Waals surface area contributed by atoms with E-state index in [0.29, 0.717) is 43.9 Å². The number of halogens is 1. The number of hydrogen-bond acceptors (Lipinski definition) is 4. The molecule has 26 heavy (non-hydrogen) atoms. The highest BCUT2D eigenvalue weighted by molar-refractivity contribution is 7.92. The first kappa shape index (κ1) is 18.7. The normalized spacial score (nSPS) is 23.7. The molecule has 0 N–H and O–H groups in total. The topological polar surface area (TPSA) is 87.5 Å². The second-order valence-electron chi connectivity index (χ2n) is 6.61. The average molecular weight is 377 g/mol. The van der Waals surface area contributed by atoms with Gasteiger partial charge < -0.3 is 14.4 Å². The molecule has 0 bridgehead atoms. The summed E-state index contributed by atoms with van der Waals surface area (Å²) in [7, 11) is 0. The Bertz CT molecular complexity index is 721. The van der Waals surface area contributed by atoms with Crippen molar-refractivity contribution in [2.24, 2.45) is 5.92 Å². The molecule has 2 saturated heterocycles. The quantitative estimate of drug-likeness (QED) is 0.740. The molecule has 1 aromatic carbocycles. The van der Waals surface area contributed by atoms with Gasteiger partial charge in [-0.05, 0) is 41.9 Å². The van der Waals surface area contributed by atoms with Gasteiger partial charge in [0.05, 0.1) is 18.5 Å². The summed E-state index contributed by atoms with van der Waals surface area (Å²) in [6.07, 6.45) is 1.07. The molecule has 2 aliphatic heterocycles. The lowest BCUT2D eigenvalue weighted by Crippen LogP contribution is -2.38. The van der Waals surface area contributed by atoms with Crippen LogP contribution >= 0.6 is 0 Å². The number of amides is 2. The van der Waals surface area contributed by atoms with E-state index in [1.807, 2.05) is 6.07 Å². The number of hydrogen-bond donors (Lipinski definition) is 0. The lowest BCUT2D eigenvalue weighted by molar-refractivity contribution is -0.134. The van der Waals surface area contributed by atoms with Crippen molar-refractivity contribution < 1.29 is 18.5 Å². The third-order valence-corrected chi connectivity index (χ3v) is 6.65. The molecule has 6 nitrogen and oxygen atoms in total. The molecule has 2 aliphatic rings. The smallest absolute Gasteiger partial charge is 0.236 e. The van der Waals surface area contributed by atoms with Crippen molar-refractivity contribution in [1.82, 2.24) is 9.80 Å². The van der Waals surface area contributed by atoms with Crippen LogP contribution in [0.15, 0.2) is 29.2 Å². The first-order chi connectivity index (χ1) is 12.5. The summed E-state index contributed by atoms with van der Waals surface area (Å²) < 4.78 is 25.6. The maximum Gasteiger partial charge on any atom is 0.236 e. The van der Waals surface area contributed by atoms with Gasteiger partial charge in [-0.25, -0.2) is 4.39 Å². The molecule has 3 unspecified atom stereocenters. The largest absolute Gasteiger partial charge is 0.611 e. The molecule has 0 spiro atoms. The van der Waals surface area contributed by atoms with Crippen molar-refractivity contribution in [3.63, 3.8) is 0 Å². The molecule has 1 aromatic rings. The van der Waals surface area contributed by atoms with Gasteiger partial charge in [-0.3, -0.25) is 9.59 Å². The molecule has 0 aliphatic carbocycles. The number of carbonyl (C=O) groups excluding carboxylic acids is 2. The minimum absolute atomic E-state index is 0.0177. The van der Waals surface area contributed by atoms with E-state index in [2.05, 4.69) is 0 Å². The highest BCUT2D eigenvalue weighted by Gasteiger charge is 2.39. The number of rotatable bonds is 4. The predicted molar refractivity (Wildman–Crippen MR) is 92.7 cm³/mol. The SMILES string of the molecule is N#CCC(=O)N1CCC(C(=O)N2CCC([S+]([O-])c3ccc(F)cc3)C2)C1. The third-order valence-electron chi connectivity index (χ3n) is 4.93. The Balaban J connectivity index is 1.55. The number of benzene rings is 1. The van der Waals surface area contributed by atoms with Crippen molar-refractivity contribution in [2.75, 3.05) is 26.2 Å². The minimum Gasteiger partial charge on any atom is -0.611 e. The van der Waals surface area contributed by atoms with E-state index in [1.165, 1.54) is 24.3 Å². The molecule has 138 valence electrons. The van der Waals surface area contributed by atoms with Gasteiger partial charge in [-0.1, -0.05) is 0 Å². The van der Waals surface area contributed by atoms with Gasteiger partial charge in [0.2, 0.25) is 11.8 Å². The van der Waals surface area contributed by atoms with Crippen LogP contribution in [0.2, 0.25) is 0 Å². The van der Waals surface area contributed by atoms with Gasteiger partial charge in [0.1, 0.15) is 17.5 Å². The predicted octanol–water partition coefficient (Wildman–Crippen LogP) is 1.30. The number of nitriles is 1. The molecule has 0 aromatic heterocycles. The van der Waals surface area contributed by atoms with Crippen LogP contribution in [0.5, 0.6) is 0 Å². The monoisotopic (exact) mass is 377 g/mol. The highest BCUT2D eigenvalue weighted by atomic mass is 32.2. The van der Waals surface area contributed by atoms with Gasteiger partial charge in [-0.2, -0.15) is 5.26 Å². The summed E-state index contributed by atoms with van der Waals surface area (Å²) in [5, 5.41) is 8.45. The zero-order valence-electron chi connectivity index (χ0n) is 14.3. The Kier molecular flexibility index (Phi) is 5.79. The van der Waals surface area contributed by atoms with Gasteiger partial charge in [0.15, 0.2) is 4.90 Å². The summed E-state index contributed by atoms with van der Waals surface area (Å²) in [6.45, 7) is 1.79. The lowest BCUT2D eigenvalue weighted by atomic mass is 10.1. The number of carbonyl (C=O) groups is 2. The fraction of sp³-hybridized carbons (Fsp3) is 0.500. The second kappa shape index (κ2) is 8.06. The molecule has 0 saturated carbocycles. The van der Waals surface area contributed by atoms with Crippen LogP contribution in [0.25, 0.3) is 0 Å². The van der Waals surface area contributed by atoms with Crippen molar-refractivity contribution in [1.29, 1.82) is 5.26 Å². The van der Waals surface area contributed by atoms with Crippen LogP contribution < -0.4 is 0 Å². The first-order valence-corrected chi connectivity index (χ1v) is 9.80. The first-order valence-electron chi connectivity index (χ1n) is 8.59. The third kappa shape index (κ3) is 4.00.